The minimum absolute atomic E-state index is 0.313. The van der Waals surface area contributed by atoms with Gasteiger partial charge in [0.1, 0.15) is 11.6 Å². The van der Waals surface area contributed by atoms with Gasteiger partial charge >= 0.3 is 0 Å². The van der Waals surface area contributed by atoms with Crippen LogP contribution in [0.3, 0.4) is 0 Å². The first-order chi connectivity index (χ1) is 11.7. The fourth-order valence-corrected chi connectivity index (χ4v) is 2.69. The second kappa shape index (κ2) is 7.57. The van der Waals surface area contributed by atoms with E-state index < -0.39 is 0 Å². The third-order valence-electron chi connectivity index (χ3n) is 3.32. The molecule has 0 saturated carbocycles. The van der Waals surface area contributed by atoms with E-state index in [1.165, 1.54) is 6.07 Å². The zero-order valence-corrected chi connectivity index (χ0v) is 15.2. The second-order valence-corrected chi connectivity index (χ2v) is 6.35. The maximum atomic E-state index is 14.1. The molecule has 0 amide bonds. The molecule has 0 bridgehead atoms. The van der Waals surface area contributed by atoms with Crippen LogP contribution in [0.5, 0.6) is 0 Å². The first-order valence-corrected chi connectivity index (χ1v) is 8.64. The summed E-state index contributed by atoms with van der Waals surface area (Å²) in [5.74, 6) is 0.735. The summed E-state index contributed by atoms with van der Waals surface area (Å²) in [6.07, 6.45) is 0. The van der Waals surface area contributed by atoms with Crippen molar-refractivity contribution in [2.45, 2.75) is 6.92 Å². The third-order valence-corrected chi connectivity index (χ3v) is 4.00. The minimum atomic E-state index is -0.313. The van der Waals surface area contributed by atoms with E-state index in [1.807, 2.05) is 49.4 Å². The molecule has 4 nitrogen and oxygen atoms in total. The van der Waals surface area contributed by atoms with Gasteiger partial charge in [0.05, 0.1) is 11.4 Å². The fraction of sp³-hybridized carbons (Fsp3) is 0.111. The van der Waals surface area contributed by atoms with Crippen molar-refractivity contribution in [2.24, 2.45) is 0 Å². The molecule has 24 heavy (non-hydrogen) atoms. The van der Waals surface area contributed by atoms with Crippen molar-refractivity contribution in [1.29, 1.82) is 0 Å². The van der Waals surface area contributed by atoms with E-state index in [0.29, 0.717) is 24.0 Å². The van der Waals surface area contributed by atoms with Crippen molar-refractivity contribution in [1.82, 2.24) is 9.97 Å². The number of aromatic nitrogens is 2. The van der Waals surface area contributed by atoms with Gasteiger partial charge in [-0.15, -0.1) is 0 Å². The molecule has 0 radical (unpaired) electrons. The number of halogens is 2. The standard InChI is InChI=1S/C18H16FIN4/c1-2-21-18-23-16(12-6-4-3-5-7-12)11-17(24-18)22-15-9-8-13(20)10-14(15)19/h3-11H,2H2,1H3,(H2,21,22,23,24). The molecule has 3 aromatic rings. The Labute approximate surface area is 153 Å². The predicted octanol–water partition coefficient (Wildman–Crippen LogP) is 5.06. The molecule has 0 saturated heterocycles. The summed E-state index contributed by atoms with van der Waals surface area (Å²) in [7, 11) is 0. The number of benzene rings is 2. The van der Waals surface area contributed by atoms with Crippen molar-refractivity contribution in [3.63, 3.8) is 0 Å². The van der Waals surface area contributed by atoms with Gasteiger partial charge < -0.3 is 10.6 Å². The average molecular weight is 434 g/mol. The van der Waals surface area contributed by atoms with E-state index in [2.05, 4.69) is 43.2 Å². The molecule has 0 aliphatic rings. The van der Waals surface area contributed by atoms with Crippen molar-refractivity contribution in [3.05, 3.63) is 64.0 Å². The summed E-state index contributed by atoms with van der Waals surface area (Å²) in [6, 6.07) is 16.7. The predicted molar refractivity (Wildman–Crippen MR) is 104 cm³/mol. The normalized spacial score (nSPS) is 10.5. The molecule has 1 heterocycles. The Morgan fingerprint density at radius 1 is 1.04 bits per heavy atom. The van der Waals surface area contributed by atoms with E-state index >= 15 is 0 Å². The Kier molecular flexibility index (Phi) is 5.24. The van der Waals surface area contributed by atoms with E-state index in [4.69, 9.17) is 0 Å². The Bertz CT molecular complexity index is 840. The zero-order chi connectivity index (χ0) is 16.9. The third kappa shape index (κ3) is 4.00. The van der Waals surface area contributed by atoms with Gasteiger partial charge in [-0.25, -0.2) is 9.37 Å². The highest BCUT2D eigenvalue weighted by atomic mass is 127. The summed E-state index contributed by atoms with van der Waals surface area (Å²) in [4.78, 5) is 8.92. The SMILES string of the molecule is CCNc1nc(Nc2ccc(I)cc2F)cc(-c2ccccc2)n1. The number of nitrogens with zero attached hydrogens (tertiary/aromatic N) is 2. The minimum Gasteiger partial charge on any atom is -0.354 e. The van der Waals surface area contributed by atoms with Crippen LogP contribution in [-0.4, -0.2) is 16.5 Å². The topological polar surface area (TPSA) is 49.8 Å². The smallest absolute Gasteiger partial charge is 0.225 e. The molecular weight excluding hydrogens is 418 g/mol. The molecule has 2 N–H and O–H groups in total. The number of nitrogens with one attached hydrogen (secondary N) is 2. The van der Waals surface area contributed by atoms with E-state index in [1.54, 1.807) is 6.07 Å². The summed E-state index contributed by atoms with van der Waals surface area (Å²) in [5.41, 5.74) is 2.13. The van der Waals surface area contributed by atoms with E-state index in [0.717, 1.165) is 14.8 Å². The van der Waals surface area contributed by atoms with Crippen molar-refractivity contribution in [2.75, 3.05) is 17.2 Å². The van der Waals surface area contributed by atoms with Gasteiger partial charge in [-0.3, -0.25) is 0 Å². The highest BCUT2D eigenvalue weighted by Gasteiger charge is 2.09. The molecule has 0 unspecified atom stereocenters. The van der Waals surface area contributed by atoms with Crippen LogP contribution in [0, 0.1) is 9.39 Å². The Hall–Kier alpha value is -2.22. The van der Waals surface area contributed by atoms with Gasteiger partial charge in [-0.05, 0) is 47.7 Å². The van der Waals surface area contributed by atoms with Crippen LogP contribution < -0.4 is 10.6 Å². The highest BCUT2D eigenvalue weighted by Crippen LogP contribution is 2.25. The number of hydrogen-bond donors (Lipinski definition) is 2. The molecule has 0 atom stereocenters. The van der Waals surface area contributed by atoms with Crippen molar-refractivity contribution in [3.8, 4) is 11.3 Å². The molecule has 2 aromatic carbocycles. The lowest BCUT2D eigenvalue weighted by molar-refractivity contribution is 0.631. The van der Waals surface area contributed by atoms with Gasteiger partial charge in [0.15, 0.2) is 0 Å². The molecule has 6 heteroatoms. The lowest BCUT2D eigenvalue weighted by atomic mass is 10.1. The lowest BCUT2D eigenvalue weighted by Gasteiger charge is -2.11. The van der Waals surface area contributed by atoms with E-state index in [-0.39, 0.29) is 5.82 Å². The van der Waals surface area contributed by atoms with Crippen LogP contribution >= 0.6 is 22.6 Å². The molecule has 3 rings (SSSR count). The second-order valence-electron chi connectivity index (χ2n) is 5.11. The quantitative estimate of drug-likeness (QED) is 0.552. The first kappa shape index (κ1) is 16.6. The summed E-state index contributed by atoms with van der Waals surface area (Å²) in [5, 5.41) is 6.15. The summed E-state index contributed by atoms with van der Waals surface area (Å²) < 4.78 is 14.9. The largest absolute Gasteiger partial charge is 0.354 e. The molecule has 1 aromatic heterocycles. The first-order valence-electron chi connectivity index (χ1n) is 7.56. The molecule has 122 valence electrons. The summed E-state index contributed by atoms with van der Waals surface area (Å²) >= 11 is 2.08. The molecule has 0 fully saturated rings. The molecular formula is C18H16FIN4. The fourth-order valence-electron chi connectivity index (χ4n) is 2.23. The van der Waals surface area contributed by atoms with Crippen LogP contribution in [0.2, 0.25) is 0 Å². The lowest BCUT2D eigenvalue weighted by Crippen LogP contribution is -2.06. The van der Waals surface area contributed by atoms with Gasteiger partial charge in [-0.2, -0.15) is 4.98 Å². The van der Waals surface area contributed by atoms with E-state index in [9.17, 15) is 4.39 Å². The van der Waals surface area contributed by atoms with Gasteiger partial charge in [0, 0.05) is 21.7 Å². The summed E-state index contributed by atoms with van der Waals surface area (Å²) in [6.45, 7) is 2.68. The van der Waals surface area contributed by atoms with Gasteiger partial charge in [0.25, 0.3) is 0 Å². The number of hydrogen-bond acceptors (Lipinski definition) is 4. The monoisotopic (exact) mass is 434 g/mol. The zero-order valence-electron chi connectivity index (χ0n) is 13.1. The van der Waals surface area contributed by atoms with Gasteiger partial charge in [-0.1, -0.05) is 30.3 Å². The molecule has 0 aliphatic heterocycles. The Balaban J connectivity index is 1.99. The Morgan fingerprint density at radius 3 is 2.54 bits per heavy atom. The van der Waals surface area contributed by atoms with Crippen molar-refractivity contribution < 1.29 is 4.39 Å². The van der Waals surface area contributed by atoms with Crippen LogP contribution in [0.1, 0.15) is 6.92 Å². The number of anilines is 3. The van der Waals surface area contributed by atoms with Crippen LogP contribution in [-0.2, 0) is 0 Å². The highest BCUT2D eigenvalue weighted by molar-refractivity contribution is 14.1. The van der Waals surface area contributed by atoms with Crippen LogP contribution in [0.25, 0.3) is 11.3 Å². The molecule has 0 spiro atoms. The maximum absolute atomic E-state index is 14.1. The average Bonchev–Trinajstić information content (AvgIpc) is 2.58. The van der Waals surface area contributed by atoms with Crippen molar-refractivity contribution >= 4 is 40.0 Å². The van der Waals surface area contributed by atoms with Crippen LogP contribution in [0.15, 0.2) is 54.6 Å². The Morgan fingerprint density at radius 2 is 1.83 bits per heavy atom. The maximum Gasteiger partial charge on any atom is 0.225 e. The van der Waals surface area contributed by atoms with Crippen LogP contribution in [0.4, 0.5) is 21.8 Å². The van der Waals surface area contributed by atoms with Gasteiger partial charge in [0.2, 0.25) is 5.95 Å². The molecule has 0 aliphatic carbocycles. The number of rotatable bonds is 5.